The van der Waals surface area contributed by atoms with Crippen LogP contribution in [0.4, 0.5) is 5.69 Å². The maximum atomic E-state index is 13.6. The second kappa shape index (κ2) is 7.59. The number of nitrogens with one attached hydrogen (secondary N) is 1. The van der Waals surface area contributed by atoms with Gasteiger partial charge < -0.3 is 19.7 Å². The largest absolute Gasteiger partial charge is 0.486 e. The molecule has 1 saturated carbocycles. The van der Waals surface area contributed by atoms with Crippen LogP contribution in [0.5, 0.6) is 11.5 Å². The zero-order valence-electron chi connectivity index (χ0n) is 18.1. The lowest BCUT2D eigenvalue weighted by molar-refractivity contribution is -0.114. The van der Waals surface area contributed by atoms with Gasteiger partial charge in [-0.15, -0.1) is 0 Å². The van der Waals surface area contributed by atoms with Crippen LogP contribution in [0.2, 0.25) is 0 Å². The number of carbonyl (C=O) groups is 2. The van der Waals surface area contributed by atoms with E-state index in [1.54, 1.807) is 24.3 Å². The van der Waals surface area contributed by atoms with Crippen molar-refractivity contribution in [3.05, 3.63) is 53.1 Å². The molecule has 1 unspecified atom stereocenters. The van der Waals surface area contributed by atoms with Crippen LogP contribution in [-0.4, -0.2) is 36.5 Å². The Morgan fingerprint density at radius 2 is 1.68 bits per heavy atom. The fourth-order valence-electron chi connectivity index (χ4n) is 5.42. The minimum absolute atomic E-state index is 0.0219. The summed E-state index contributed by atoms with van der Waals surface area (Å²) >= 11 is 0. The Morgan fingerprint density at radius 1 is 1.03 bits per heavy atom. The zero-order chi connectivity index (χ0) is 21.6. The topological polar surface area (TPSA) is 67.9 Å². The van der Waals surface area contributed by atoms with E-state index in [1.165, 1.54) is 30.9 Å². The van der Waals surface area contributed by atoms with Crippen molar-refractivity contribution in [3.8, 4) is 11.5 Å². The zero-order valence-corrected chi connectivity index (χ0v) is 18.1. The standard InChI is InChI=1S/C25H28N2O4/c1-16-20-13-22-23(31-12-11-30-22)14-21(20)25(9-3-4-10-25)15-27(16)24(29)18-5-7-19(8-6-18)26-17(2)28/h5-8,13-14,16H,3-4,9-12,15H2,1-2H3,(H,26,28). The molecule has 0 bridgehead atoms. The average Bonchev–Trinajstić information content (AvgIpc) is 3.24. The summed E-state index contributed by atoms with van der Waals surface area (Å²) in [6.07, 6.45) is 4.51. The summed E-state index contributed by atoms with van der Waals surface area (Å²) < 4.78 is 11.7. The number of hydrogen-bond donors (Lipinski definition) is 1. The van der Waals surface area contributed by atoms with Gasteiger partial charge in [-0.2, -0.15) is 0 Å². The Morgan fingerprint density at radius 3 is 2.32 bits per heavy atom. The van der Waals surface area contributed by atoms with Crippen LogP contribution < -0.4 is 14.8 Å². The third-order valence-electron chi connectivity index (χ3n) is 6.95. The van der Waals surface area contributed by atoms with Gasteiger partial charge in [-0.3, -0.25) is 9.59 Å². The van der Waals surface area contributed by atoms with Crippen molar-refractivity contribution in [2.24, 2.45) is 0 Å². The van der Waals surface area contributed by atoms with Gasteiger partial charge in [0.15, 0.2) is 11.5 Å². The monoisotopic (exact) mass is 420 g/mol. The van der Waals surface area contributed by atoms with E-state index in [4.69, 9.17) is 9.47 Å². The summed E-state index contributed by atoms with van der Waals surface area (Å²) in [7, 11) is 0. The number of anilines is 1. The molecular weight excluding hydrogens is 392 g/mol. The third kappa shape index (κ3) is 3.44. The van der Waals surface area contributed by atoms with E-state index in [2.05, 4.69) is 24.4 Å². The van der Waals surface area contributed by atoms with Crippen LogP contribution in [0.25, 0.3) is 0 Å². The number of nitrogens with zero attached hydrogens (tertiary/aromatic N) is 1. The molecule has 2 heterocycles. The first-order valence-corrected chi connectivity index (χ1v) is 11.1. The van der Waals surface area contributed by atoms with Crippen LogP contribution in [0.1, 0.15) is 67.1 Å². The van der Waals surface area contributed by atoms with E-state index in [9.17, 15) is 9.59 Å². The molecule has 2 aromatic carbocycles. The molecule has 162 valence electrons. The number of carbonyl (C=O) groups excluding carboxylic acids is 2. The second-order valence-corrected chi connectivity index (χ2v) is 8.94. The third-order valence-corrected chi connectivity index (χ3v) is 6.95. The van der Waals surface area contributed by atoms with E-state index in [-0.39, 0.29) is 23.3 Å². The highest BCUT2D eigenvalue weighted by molar-refractivity contribution is 5.96. The van der Waals surface area contributed by atoms with Crippen LogP contribution in [-0.2, 0) is 10.2 Å². The smallest absolute Gasteiger partial charge is 0.254 e. The Labute approximate surface area is 182 Å². The molecule has 2 aliphatic heterocycles. The molecule has 6 nitrogen and oxygen atoms in total. The molecule has 1 atom stereocenters. The maximum absolute atomic E-state index is 13.6. The lowest BCUT2D eigenvalue weighted by Gasteiger charge is -2.46. The lowest BCUT2D eigenvalue weighted by atomic mass is 9.71. The molecule has 31 heavy (non-hydrogen) atoms. The summed E-state index contributed by atoms with van der Waals surface area (Å²) in [6, 6.07) is 11.4. The van der Waals surface area contributed by atoms with Crippen LogP contribution in [0, 0.1) is 0 Å². The fraction of sp³-hybridized carbons (Fsp3) is 0.440. The van der Waals surface area contributed by atoms with Gasteiger partial charge in [0, 0.05) is 30.1 Å². The molecule has 2 aromatic rings. The van der Waals surface area contributed by atoms with Gasteiger partial charge >= 0.3 is 0 Å². The first-order valence-electron chi connectivity index (χ1n) is 11.1. The number of benzene rings is 2. The molecule has 1 aliphatic carbocycles. The average molecular weight is 421 g/mol. The summed E-state index contributed by atoms with van der Waals surface area (Å²) in [4.78, 5) is 26.9. The van der Waals surface area contributed by atoms with Gasteiger partial charge in [-0.05, 0) is 67.3 Å². The first kappa shape index (κ1) is 19.9. The van der Waals surface area contributed by atoms with Gasteiger partial charge in [0.05, 0.1) is 6.04 Å². The normalized spacial score (nSPS) is 21.0. The van der Waals surface area contributed by atoms with Crippen molar-refractivity contribution in [3.63, 3.8) is 0 Å². The Bertz CT molecular complexity index is 1020. The van der Waals surface area contributed by atoms with Crippen molar-refractivity contribution in [1.29, 1.82) is 0 Å². The SMILES string of the molecule is CC(=O)Nc1ccc(C(=O)N2CC3(CCCC3)c3cc4c(cc3C2C)OCCO4)cc1. The summed E-state index contributed by atoms with van der Waals surface area (Å²) in [6.45, 7) is 5.41. The van der Waals surface area contributed by atoms with E-state index in [1.807, 2.05) is 4.90 Å². The summed E-state index contributed by atoms with van der Waals surface area (Å²) in [5.41, 5.74) is 3.79. The molecule has 2 amide bonds. The van der Waals surface area contributed by atoms with Gasteiger partial charge in [0.25, 0.3) is 5.91 Å². The summed E-state index contributed by atoms with van der Waals surface area (Å²) in [5.74, 6) is 1.50. The lowest BCUT2D eigenvalue weighted by Crippen LogP contribution is -2.48. The summed E-state index contributed by atoms with van der Waals surface area (Å²) in [5, 5.41) is 2.75. The first-order chi connectivity index (χ1) is 15.0. The van der Waals surface area contributed by atoms with Crippen molar-refractivity contribution >= 4 is 17.5 Å². The van der Waals surface area contributed by atoms with E-state index in [0.717, 1.165) is 24.3 Å². The molecule has 1 fully saturated rings. The molecule has 3 aliphatic rings. The fourth-order valence-corrected chi connectivity index (χ4v) is 5.42. The highest BCUT2D eigenvalue weighted by Gasteiger charge is 2.46. The molecule has 1 N–H and O–H groups in total. The molecule has 0 saturated heterocycles. The predicted octanol–water partition coefficient (Wildman–Crippen LogP) is 4.45. The van der Waals surface area contributed by atoms with Crippen LogP contribution in [0.15, 0.2) is 36.4 Å². The highest BCUT2D eigenvalue weighted by atomic mass is 16.6. The minimum atomic E-state index is -0.127. The predicted molar refractivity (Wildman–Crippen MR) is 118 cm³/mol. The second-order valence-electron chi connectivity index (χ2n) is 8.94. The quantitative estimate of drug-likeness (QED) is 0.780. The van der Waals surface area contributed by atoms with Crippen LogP contribution >= 0.6 is 0 Å². The molecule has 1 spiro atoms. The van der Waals surface area contributed by atoms with Crippen molar-refractivity contribution in [2.75, 3.05) is 25.1 Å². The van der Waals surface area contributed by atoms with E-state index >= 15 is 0 Å². The molecule has 6 heteroatoms. The highest BCUT2D eigenvalue weighted by Crippen LogP contribution is 2.52. The minimum Gasteiger partial charge on any atom is -0.486 e. The van der Waals surface area contributed by atoms with E-state index < -0.39 is 0 Å². The molecule has 0 radical (unpaired) electrons. The molecular formula is C25H28N2O4. The number of rotatable bonds is 2. The Balaban J connectivity index is 1.51. The van der Waals surface area contributed by atoms with Gasteiger partial charge in [0.2, 0.25) is 5.91 Å². The van der Waals surface area contributed by atoms with Crippen molar-refractivity contribution < 1.29 is 19.1 Å². The van der Waals surface area contributed by atoms with Crippen molar-refractivity contribution in [2.45, 2.75) is 51.0 Å². The molecule has 0 aromatic heterocycles. The molecule has 5 rings (SSSR count). The number of hydrogen-bond acceptors (Lipinski definition) is 4. The van der Waals surface area contributed by atoms with Gasteiger partial charge in [-0.25, -0.2) is 0 Å². The van der Waals surface area contributed by atoms with Crippen molar-refractivity contribution in [1.82, 2.24) is 4.90 Å². The van der Waals surface area contributed by atoms with Gasteiger partial charge in [-0.1, -0.05) is 12.8 Å². The van der Waals surface area contributed by atoms with Crippen LogP contribution in [0.3, 0.4) is 0 Å². The van der Waals surface area contributed by atoms with Gasteiger partial charge in [0.1, 0.15) is 13.2 Å². The number of ether oxygens (including phenoxy) is 2. The number of amides is 2. The Kier molecular flexibility index (Phi) is 4.88. The maximum Gasteiger partial charge on any atom is 0.254 e. The Hall–Kier alpha value is -3.02. The van der Waals surface area contributed by atoms with E-state index in [0.29, 0.717) is 31.0 Å². The number of fused-ring (bicyclic) bond motifs is 3.